The third-order valence-electron chi connectivity index (χ3n) is 4.17. The van der Waals surface area contributed by atoms with Crippen molar-refractivity contribution in [2.75, 3.05) is 39.7 Å². The van der Waals surface area contributed by atoms with Crippen LogP contribution in [0.1, 0.15) is 19.4 Å². The van der Waals surface area contributed by atoms with Crippen LogP contribution in [0.2, 0.25) is 0 Å². The third kappa shape index (κ3) is 8.04. The van der Waals surface area contributed by atoms with Crippen LogP contribution in [-0.4, -0.2) is 51.1 Å². The van der Waals surface area contributed by atoms with E-state index in [9.17, 15) is 9.59 Å². The molecule has 7 heteroatoms. The van der Waals surface area contributed by atoms with E-state index in [0.717, 1.165) is 5.56 Å². The first-order valence-corrected chi connectivity index (χ1v) is 10.0. The lowest BCUT2D eigenvalue weighted by Crippen LogP contribution is -2.27. The smallest absolute Gasteiger partial charge is 0.259 e. The fourth-order valence-corrected chi connectivity index (χ4v) is 2.43. The number of rotatable bonds is 10. The van der Waals surface area contributed by atoms with E-state index in [2.05, 4.69) is 19.2 Å². The molecule has 0 saturated carbocycles. The van der Waals surface area contributed by atoms with Crippen molar-refractivity contribution in [3.8, 4) is 17.2 Å². The van der Waals surface area contributed by atoms with Crippen molar-refractivity contribution in [1.29, 1.82) is 0 Å². The van der Waals surface area contributed by atoms with Crippen LogP contribution in [0.15, 0.2) is 48.5 Å². The SMILES string of the molecule is COc1cc(/C=C/C(=O)Nc2ccc(OCC(=O)N(C)C)cc2)ccc1OCC(C)C. The number of likely N-dealkylation sites (N-methyl/N-ethyl adjacent to an activating group) is 1. The normalized spacial score (nSPS) is 10.8. The number of carbonyl (C=O) groups excluding carboxylic acids is 2. The molecule has 0 heterocycles. The highest BCUT2D eigenvalue weighted by molar-refractivity contribution is 6.02. The Hall–Kier alpha value is -3.48. The lowest BCUT2D eigenvalue weighted by molar-refractivity contribution is -0.130. The summed E-state index contributed by atoms with van der Waals surface area (Å²) in [7, 11) is 4.92. The van der Waals surface area contributed by atoms with Crippen LogP contribution in [0.3, 0.4) is 0 Å². The van der Waals surface area contributed by atoms with Gasteiger partial charge in [0.25, 0.3) is 5.91 Å². The maximum atomic E-state index is 12.2. The van der Waals surface area contributed by atoms with E-state index < -0.39 is 0 Å². The van der Waals surface area contributed by atoms with E-state index in [1.807, 2.05) is 18.2 Å². The summed E-state index contributed by atoms with van der Waals surface area (Å²) >= 11 is 0. The van der Waals surface area contributed by atoms with Gasteiger partial charge in [0.15, 0.2) is 18.1 Å². The molecular weight excluding hydrogens is 396 g/mol. The standard InChI is InChI=1S/C24H30N2O5/c1-17(2)15-31-21-12-6-18(14-22(21)29-5)7-13-23(27)25-19-8-10-20(11-9-19)30-16-24(28)26(3)4/h6-14,17H,15-16H2,1-5H3,(H,25,27)/b13-7+. The lowest BCUT2D eigenvalue weighted by Gasteiger charge is -2.12. The van der Waals surface area contributed by atoms with Gasteiger partial charge in [-0.3, -0.25) is 9.59 Å². The van der Waals surface area contributed by atoms with Crippen molar-refractivity contribution in [2.24, 2.45) is 5.92 Å². The Balaban J connectivity index is 1.92. The molecule has 2 rings (SSSR count). The first kappa shape index (κ1) is 23.8. The second-order valence-corrected chi connectivity index (χ2v) is 7.54. The molecule has 31 heavy (non-hydrogen) atoms. The number of ether oxygens (including phenoxy) is 3. The van der Waals surface area contributed by atoms with Crippen molar-refractivity contribution in [3.05, 3.63) is 54.1 Å². The second kappa shape index (κ2) is 11.6. The summed E-state index contributed by atoms with van der Waals surface area (Å²) in [5, 5.41) is 2.78. The number of carbonyl (C=O) groups is 2. The van der Waals surface area contributed by atoms with Crippen LogP contribution in [0, 0.1) is 5.92 Å². The van der Waals surface area contributed by atoms with Gasteiger partial charge >= 0.3 is 0 Å². The van der Waals surface area contributed by atoms with E-state index in [1.165, 1.54) is 11.0 Å². The Kier molecular flexibility index (Phi) is 8.94. The lowest BCUT2D eigenvalue weighted by atomic mass is 10.2. The topological polar surface area (TPSA) is 77.1 Å². The van der Waals surface area contributed by atoms with Gasteiger partial charge < -0.3 is 24.4 Å². The number of nitrogens with zero attached hydrogens (tertiary/aromatic N) is 1. The molecule has 0 unspecified atom stereocenters. The largest absolute Gasteiger partial charge is 0.493 e. The average Bonchev–Trinajstić information content (AvgIpc) is 2.75. The van der Waals surface area contributed by atoms with Crippen molar-refractivity contribution in [1.82, 2.24) is 4.90 Å². The van der Waals surface area contributed by atoms with Gasteiger partial charge in [-0.05, 0) is 54.0 Å². The maximum absolute atomic E-state index is 12.2. The molecule has 2 aromatic rings. The Morgan fingerprint density at radius 3 is 2.35 bits per heavy atom. The second-order valence-electron chi connectivity index (χ2n) is 7.54. The minimum atomic E-state index is -0.268. The van der Waals surface area contributed by atoms with E-state index in [0.29, 0.717) is 35.5 Å². The highest BCUT2D eigenvalue weighted by Gasteiger charge is 2.07. The molecule has 0 aliphatic carbocycles. The molecule has 0 aliphatic rings. The third-order valence-corrected chi connectivity index (χ3v) is 4.17. The molecule has 0 saturated heterocycles. The molecule has 0 spiro atoms. The Morgan fingerprint density at radius 2 is 1.74 bits per heavy atom. The minimum Gasteiger partial charge on any atom is -0.493 e. The van der Waals surface area contributed by atoms with Gasteiger partial charge in [-0.2, -0.15) is 0 Å². The Morgan fingerprint density at radius 1 is 1.03 bits per heavy atom. The first-order valence-electron chi connectivity index (χ1n) is 10.0. The molecule has 2 amide bonds. The van der Waals surface area contributed by atoms with Gasteiger partial charge in [0.1, 0.15) is 5.75 Å². The molecule has 7 nitrogen and oxygen atoms in total. The highest BCUT2D eigenvalue weighted by Crippen LogP contribution is 2.29. The zero-order chi connectivity index (χ0) is 22.8. The van der Waals surface area contributed by atoms with E-state index >= 15 is 0 Å². The quantitative estimate of drug-likeness (QED) is 0.584. The summed E-state index contributed by atoms with van der Waals surface area (Å²) in [6, 6.07) is 12.3. The van der Waals surface area contributed by atoms with Crippen LogP contribution < -0.4 is 19.5 Å². The maximum Gasteiger partial charge on any atom is 0.259 e. The van der Waals surface area contributed by atoms with Crippen LogP contribution in [0.4, 0.5) is 5.69 Å². The molecule has 0 fully saturated rings. The van der Waals surface area contributed by atoms with Gasteiger partial charge in [0, 0.05) is 25.9 Å². The Labute approximate surface area is 183 Å². The van der Waals surface area contributed by atoms with Crippen molar-refractivity contribution in [2.45, 2.75) is 13.8 Å². The van der Waals surface area contributed by atoms with Gasteiger partial charge in [-0.25, -0.2) is 0 Å². The number of amides is 2. The minimum absolute atomic E-state index is 0.0355. The molecule has 0 aromatic heterocycles. The Bertz CT molecular complexity index is 905. The monoisotopic (exact) mass is 426 g/mol. The number of anilines is 1. The summed E-state index contributed by atoms with van der Waals surface area (Å²) in [5.41, 5.74) is 1.44. The van der Waals surface area contributed by atoms with Crippen LogP contribution in [0.5, 0.6) is 17.2 Å². The molecular formula is C24H30N2O5. The highest BCUT2D eigenvalue weighted by atomic mass is 16.5. The van der Waals surface area contributed by atoms with Gasteiger partial charge in [-0.15, -0.1) is 0 Å². The van der Waals surface area contributed by atoms with Crippen molar-refractivity contribution in [3.63, 3.8) is 0 Å². The summed E-state index contributed by atoms with van der Waals surface area (Å²) in [6.07, 6.45) is 3.15. The van der Waals surface area contributed by atoms with Crippen LogP contribution >= 0.6 is 0 Å². The van der Waals surface area contributed by atoms with Crippen LogP contribution in [0.25, 0.3) is 6.08 Å². The molecule has 1 N–H and O–H groups in total. The average molecular weight is 427 g/mol. The predicted octanol–water partition coefficient (Wildman–Crippen LogP) is 3.85. The number of benzene rings is 2. The molecule has 0 aliphatic heterocycles. The summed E-state index contributed by atoms with van der Waals surface area (Å²) < 4.78 is 16.5. The summed E-state index contributed by atoms with van der Waals surface area (Å²) in [6.45, 7) is 4.72. The van der Waals surface area contributed by atoms with Crippen LogP contribution in [-0.2, 0) is 9.59 Å². The van der Waals surface area contributed by atoms with Crippen molar-refractivity contribution < 1.29 is 23.8 Å². The van der Waals surface area contributed by atoms with E-state index in [4.69, 9.17) is 14.2 Å². The number of hydrogen-bond donors (Lipinski definition) is 1. The van der Waals surface area contributed by atoms with Gasteiger partial charge in [0.2, 0.25) is 5.91 Å². The summed E-state index contributed by atoms with van der Waals surface area (Å²) in [4.78, 5) is 25.2. The first-order chi connectivity index (χ1) is 14.8. The van der Waals surface area contributed by atoms with E-state index in [-0.39, 0.29) is 18.4 Å². The fraction of sp³-hybridized carbons (Fsp3) is 0.333. The zero-order valence-corrected chi connectivity index (χ0v) is 18.7. The van der Waals surface area contributed by atoms with Crippen molar-refractivity contribution >= 4 is 23.6 Å². The molecule has 2 aromatic carbocycles. The molecule has 166 valence electrons. The fourth-order valence-electron chi connectivity index (χ4n) is 2.43. The predicted molar refractivity (Wildman–Crippen MR) is 122 cm³/mol. The van der Waals surface area contributed by atoms with Gasteiger partial charge in [0.05, 0.1) is 13.7 Å². The zero-order valence-electron chi connectivity index (χ0n) is 18.7. The number of hydrogen-bond acceptors (Lipinski definition) is 5. The number of nitrogens with one attached hydrogen (secondary N) is 1. The van der Waals surface area contributed by atoms with Gasteiger partial charge in [-0.1, -0.05) is 19.9 Å². The molecule has 0 bridgehead atoms. The number of methoxy groups -OCH3 is 1. The molecule has 0 radical (unpaired) electrons. The van der Waals surface area contributed by atoms with E-state index in [1.54, 1.807) is 51.5 Å². The molecule has 0 atom stereocenters. The summed E-state index contributed by atoms with van der Waals surface area (Å²) in [5.74, 6) is 1.86.